The molecule has 0 N–H and O–H groups in total. The summed E-state index contributed by atoms with van der Waals surface area (Å²) in [5.74, 6) is 1.30. The van der Waals surface area contributed by atoms with Crippen LogP contribution in [-0.4, -0.2) is 5.78 Å². The van der Waals surface area contributed by atoms with Crippen molar-refractivity contribution in [2.45, 2.75) is 33.6 Å². The zero-order valence-corrected chi connectivity index (χ0v) is 8.71. The van der Waals surface area contributed by atoms with Gasteiger partial charge in [0, 0.05) is 0 Å². The van der Waals surface area contributed by atoms with Crippen LogP contribution in [0.1, 0.15) is 33.6 Å². The van der Waals surface area contributed by atoms with Gasteiger partial charge in [-0.1, -0.05) is 24.6 Å². The molecule has 2 atom stereocenters. The topological polar surface area (TPSA) is 17.1 Å². The van der Waals surface area contributed by atoms with E-state index in [0.29, 0.717) is 11.8 Å². The summed E-state index contributed by atoms with van der Waals surface area (Å²) in [4.78, 5) is 10.8. The molecule has 0 aromatic heterocycles. The minimum atomic E-state index is 0.151. The Morgan fingerprint density at radius 1 is 1.62 bits per heavy atom. The van der Waals surface area contributed by atoms with Crippen molar-refractivity contribution in [2.24, 2.45) is 11.8 Å². The molecule has 1 aliphatic carbocycles. The zero-order chi connectivity index (χ0) is 9.84. The maximum atomic E-state index is 10.8. The summed E-state index contributed by atoms with van der Waals surface area (Å²) in [6.45, 7) is 6.00. The monoisotopic (exact) mass is 178 g/mol. The second-order valence-electron chi connectivity index (χ2n) is 4.04. The van der Waals surface area contributed by atoms with Crippen LogP contribution in [-0.2, 0) is 4.79 Å². The Hall–Kier alpha value is -0.850. The van der Waals surface area contributed by atoms with Gasteiger partial charge in [0.15, 0.2) is 5.78 Å². The number of carbonyl (C=O) groups is 1. The van der Waals surface area contributed by atoms with Crippen molar-refractivity contribution in [1.82, 2.24) is 0 Å². The standard InChI is InChI=1S/C12H18O/c1-9-4-6-12(10(2)8-9)7-5-11(3)13/h5,7-8,10,12H,4,6H2,1-3H3. The van der Waals surface area contributed by atoms with E-state index in [9.17, 15) is 4.79 Å². The summed E-state index contributed by atoms with van der Waals surface area (Å²) in [6, 6.07) is 0. The van der Waals surface area contributed by atoms with Crippen LogP contribution in [0.25, 0.3) is 0 Å². The van der Waals surface area contributed by atoms with Gasteiger partial charge in [-0.25, -0.2) is 0 Å². The highest BCUT2D eigenvalue weighted by Crippen LogP contribution is 2.29. The molecular weight excluding hydrogens is 160 g/mol. The van der Waals surface area contributed by atoms with E-state index in [2.05, 4.69) is 26.0 Å². The maximum Gasteiger partial charge on any atom is 0.152 e. The van der Waals surface area contributed by atoms with E-state index in [1.807, 2.05) is 0 Å². The number of carbonyl (C=O) groups excluding carboxylic acids is 1. The summed E-state index contributed by atoms with van der Waals surface area (Å²) in [6.07, 6.45) is 8.45. The largest absolute Gasteiger partial charge is 0.295 e. The first kappa shape index (κ1) is 10.2. The SMILES string of the molecule is CC(=O)C=CC1CCC(C)=CC1C. The van der Waals surface area contributed by atoms with E-state index in [0.717, 1.165) is 0 Å². The van der Waals surface area contributed by atoms with Crippen molar-refractivity contribution >= 4 is 5.78 Å². The lowest BCUT2D eigenvalue weighted by Gasteiger charge is -2.23. The molecule has 13 heavy (non-hydrogen) atoms. The number of rotatable bonds is 2. The highest BCUT2D eigenvalue weighted by atomic mass is 16.1. The molecule has 0 amide bonds. The van der Waals surface area contributed by atoms with Gasteiger partial charge in [-0.2, -0.15) is 0 Å². The van der Waals surface area contributed by atoms with E-state index in [1.165, 1.54) is 18.4 Å². The van der Waals surface area contributed by atoms with Gasteiger partial charge < -0.3 is 0 Å². The first-order valence-corrected chi connectivity index (χ1v) is 4.95. The number of hydrogen-bond acceptors (Lipinski definition) is 1. The van der Waals surface area contributed by atoms with Gasteiger partial charge in [-0.15, -0.1) is 0 Å². The molecule has 1 rings (SSSR count). The normalized spacial score (nSPS) is 29.0. The Morgan fingerprint density at radius 3 is 2.85 bits per heavy atom. The predicted molar refractivity (Wildman–Crippen MR) is 55.5 cm³/mol. The third kappa shape index (κ3) is 3.17. The quantitative estimate of drug-likeness (QED) is 0.469. The smallest absolute Gasteiger partial charge is 0.152 e. The van der Waals surface area contributed by atoms with Crippen molar-refractivity contribution in [3.8, 4) is 0 Å². The van der Waals surface area contributed by atoms with Gasteiger partial charge in [0.2, 0.25) is 0 Å². The van der Waals surface area contributed by atoms with Crippen LogP contribution in [0.2, 0.25) is 0 Å². The van der Waals surface area contributed by atoms with E-state index < -0.39 is 0 Å². The summed E-state index contributed by atoms with van der Waals surface area (Å²) in [5, 5.41) is 0. The molecule has 1 nitrogen and oxygen atoms in total. The molecule has 2 unspecified atom stereocenters. The fourth-order valence-corrected chi connectivity index (χ4v) is 1.84. The van der Waals surface area contributed by atoms with Crippen molar-refractivity contribution in [3.63, 3.8) is 0 Å². The van der Waals surface area contributed by atoms with Crippen molar-refractivity contribution in [3.05, 3.63) is 23.8 Å². The molecule has 0 spiro atoms. The van der Waals surface area contributed by atoms with Crippen LogP contribution in [0.15, 0.2) is 23.8 Å². The number of allylic oxidation sites excluding steroid dienone is 4. The van der Waals surface area contributed by atoms with E-state index in [4.69, 9.17) is 0 Å². The van der Waals surface area contributed by atoms with E-state index in [1.54, 1.807) is 13.0 Å². The second-order valence-corrected chi connectivity index (χ2v) is 4.04. The Bertz CT molecular complexity index is 248. The van der Waals surface area contributed by atoms with Crippen molar-refractivity contribution < 1.29 is 4.79 Å². The van der Waals surface area contributed by atoms with Crippen LogP contribution < -0.4 is 0 Å². The lowest BCUT2D eigenvalue weighted by Crippen LogP contribution is -2.12. The van der Waals surface area contributed by atoms with Crippen LogP contribution in [0.5, 0.6) is 0 Å². The number of ketones is 1. The molecule has 1 aliphatic rings. The zero-order valence-electron chi connectivity index (χ0n) is 8.71. The minimum Gasteiger partial charge on any atom is -0.295 e. The fourth-order valence-electron chi connectivity index (χ4n) is 1.84. The van der Waals surface area contributed by atoms with Gasteiger partial charge in [0.1, 0.15) is 0 Å². The molecule has 0 saturated carbocycles. The average molecular weight is 178 g/mol. The molecule has 0 saturated heterocycles. The Labute approximate surface area is 80.5 Å². The molecule has 0 aliphatic heterocycles. The molecule has 0 aromatic rings. The Balaban J connectivity index is 2.58. The van der Waals surface area contributed by atoms with Crippen molar-refractivity contribution in [2.75, 3.05) is 0 Å². The maximum absolute atomic E-state index is 10.8. The van der Waals surface area contributed by atoms with Crippen LogP contribution >= 0.6 is 0 Å². The molecular formula is C12H18O. The molecule has 0 aromatic carbocycles. The van der Waals surface area contributed by atoms with Crippen LogP contribution in [0, 0.1) is 11.8 Å². The lowest BCUT2D eigenvalue weighted by atomic mass is 9.82. The Kier molecular flexibility index (Phi) is 3.47. The van der Waals surface area contributed by atoms with Gasteiger partial charge in [-0.3, -0.25) is 4.79 Å². The third-order valence-electron chi connectivity index (χ3n) is 2.67. The van der Waals surface area contributed by atoms with Crippen LogP contribution in [0.4, 0.5) is 0 Å². The highest BCUT2D eigenvalue weighted by Gasteiger charge is 2.16. The summed E-state index contributed by atoms with van der Waals surface area (Å²) in [5.41, 5.74) is 1.49. The summed E-state index contributed by atoms with van der Waals surface area (Å²) >= 11 is 0. The van der Waals surface area contributed by atoms with Gasteiger partial charge >= 0.3 is 0 Å². The van der Waals surface area contributed by atoms with Crippen LogP contribution in [0.3, 0.4) is 0 Å². The van der Waals surface area contributed by atoms with Gasteiger partial charge in [-0.05, 0) is 44.6 Å². The molecule has 0 bridgehead atoms. The molecule has 0 heterocycles. The fraction of sp³-hybridized carbons (Fsp3) is 0.583. The first-order valence-electron chi connectivity index (χ1n) is 4.95. The molecule has 1 heteroatoms. The van der Waals surface area contributed by atoms with E-state index >= 15 is 0 Å². The average Bonchev–Trinajstić information content (AvgIpc) is 2.02. The predicted octanol–water partition coefficient (Wildman–Crippen LogP) is 3.12. The number of hydrogen-bond donors (Lipinski definition) is 0. The minimum absolute atomic E-state index is 0.151. The highest BCUT2D eigenvalue weighted by molar-refractivity contribution is 5.87. The Morgan fingerprint density at radius 2 is 2.31 bits per heavy atom. The molecule has 0 fully saturated rings. The third-order valence-corrected chi connectivity index (χ3v) is 2.67. The molecule has 0 radical (unpaired) electrons. The first-order chi connectivity index (χ1) is 6.09. The van der Waals surface area contributed by atoms with E-state index in [-0.39, 0.29) is 5.78 Å². The van der Waals surface area contributed by atoms with Gasteiger partial charge in [0.05, 0.1) is 0 Å². The van der Waals surface area contributed by atoms with Crippen molar-refractivity contribution in [1.29, 1.82) is 0 Å². The summed E-state index contributed by atoms with van der Waals surface area (Å²) in [7, 11) is 0. The summed E-state index contributed by atoms with van der Waals surface area (Å²) < 4.78 is 0. The lowest BCUT2D eigenvalue weighted by molar-refractivity contribution is -0.112. The second kappa shape index (κ2) is 4.40. The van der Waals surface area contributed by atoms with Gasteiger partial charge in [0.25, 0.3) is 0 Å². The molecule has 72 valence electrons.